The van der Waals surface area contributed by atoms with Crippen LogP contribution in [0.15, 0.2) is 4.88 Å². The van der Waals surface area contributed by atoms with Gasteiger partial charge in [0.2, 0.25) is 0 Å². The number of rotatable bonds is 1. The van der Waals surface area contributed by atoms with Gasteiger partial charge in [0, 0.05) is 4.91 Å². The van der Waals surface area contributed by atoms with Gasteiger partial charge in [-0.25, -0.2) is 0 Å². The van der Waals surface area contributed by atoms with Crippen LogP contribution in [0.3, 0.4) is 0 Å². The van der Waals surface area contributed by atoms with Crippen LogP contribution in [0.1, 0.15) is 0 Å². The van der Waals surface area contributed by atoms with E-state index in [0.29, 0.717) is 0 Å². The Morgan fingerprint density at radius 2 is 3.00 bits per heavy atom. The number of hydrogen-bond acceptors (Lipinski definition) is 1. The van der Waals surface area contributed by atoms with E-state index in [2.05, 4.69) is 18.7 Å². The monoisotopic (exact) mass is 108 g/mol. The Hall–Kier alpha value is 0.170. The summed E-state index contributed by atoms with van der Waals surface area (Å²) >= 11 is 0. The lowest BCUT2D eigenvalue weighted by molar-refractivity contribution is 1.82. The molecule has 0 bridgehead atoms. The molecule has 2 atom stereocenters. The van der Waals surface area contributed by atoms with E-state index in [0.717, 1.165) is 0 Å². The third-order valence-electron chi connectivity index (χ3n) is 0.0916. The number of azide groups is 1. The minimum absolute atomic E-state index is 1.23. The van der Waals surface area contributed by atoms with Crippen molar-refractivity contribution in [2.75, 3.05) is 0 Å². The third kappa shape index (κ3) is 4.17. The molecular weight excluding hydrogens is 104 g/mol. The smallest absolute Gasteiger partial charge is 0.0687 e. The van der Waals surface area contributed by atoms with Gasteiger partial charge in [-0.2, -0.15) is 0 Å². The molecule has 2 unspecified atom stereocenters. The Morgan fingerprint density at radius 3 is 3.00 bits per heavy atom. The van der Waals surface area contributed by atoms with Gasteiger partial charge in [-0.05, 0) is 13.9 Å². The molecule has 0 radical (unpaired) electrons. The zero-order valence-electron chi connectivity index (χ0n) is 3.37. The van der Waals surface area contributed by atoms with Gasteiger partial charge in [0.05, 0.1) is 1.28 Å². The second-order valence-corrected chi connectivity index (χ2v) is 1.40. The Kier molecular flexibility index (Phi) is 2.81. The second kappa shape index (κ2) is 4.17. The van der Waals surface area contributed by atoms with Gasteiger partial charge in [-0.15, -0.1) is 8.93 Å². The lowest BCUT2D eigenvalue weighted by Crippen LogP contribution is -1.05. The molecule has 0 heterocycles. The highest BCUT2D eigenvalue weighted by Gasteiger charge is 1.50. The van der Waals surface area contributed by atoms with Crippen molar-refractivity contribution in [3.05, 3.63) is 10.4 Å². The van der Waals surface area contributed by atoms with Crippen LogP contribution in [-0.4, -0.2) is 1.28 Å². The molecule has 3 nitrogen and oxygen atoms in total. The van der Waals surface area contributed by atoms with Crippen molar-refractivity contribution in [2.24, 2.45) is 4.88 Å². The van der Waals surface area contributed by atoms with Crippen molar-refractivity contribution in [3.63, 3.8) is 0 Å². The van der Waals surface area contributed by atoms with Crippen LogP contribution in [0.25, 0.3) is 10.4 Å². The summed E-state index contributed by atoms with van der Waals surface area (Å²) in [5.74, 6) is 0. The summed E-state index contributed by atoms with van der Waals surface area (Å²) in [6, 6.07) is 0. The summed E-state index contributed by atoms with van der Waals surface area (Å²) in [5, 5.41) is 0. The van der Waals surface area contributed by atoms with Gasteiger partial charge < -0.3 is 0 Å². The Bertz CT molecular complexity index is 72.9. The fraction of sp³-hybridized carbons (Fsp3) is 0. The molecule has 0 aromatic carbocycles. The summed E-state index contributed by atoms with van der Waals surface area (Å²) in [7, 11) is 0.864. The quantitative estimate of drug-likeness (QED) is 0.212. The molecule has 0 aliphatic carbocycles. The first kappa shape index (κ1) is 3.36. The molecule has 0 saturated heterocycles. The molecule has 5 heteroatoms. The minimum atomic E-state index is -1.23. The van der Waals surface area contributed by atoms with E-state index in [1.54, 1.807) is 0 Å². The molecule has 0 spiro atoms. The lowest BCUT2D eigenvalue weighted by Gasteiger charge is -1.58. The molecule has 0 rings (SSSR count). The molecule has 0 N–H and O–H groups in total. The number of hydrogen-bond donors (Lipinski definition) is 0. The van der Waals surface area contributed by atoms with Crippen LogP contribution in [-0.2, 0) is 0 Å². The van der Waals surface area contributed by atoms with Crippen molar-refractivity contribution in [1.82, 2.24) is 0 Å². The summed E-state index contributed by atoms with van der Waals surface area (Å²) in [6.07, 6.45) is 0. The highest BCUT2D eigenvalue weighted by molar-refractivity contribution is 8.02. The van der Waals surface area contributed by atoms with Crippen LogP contribution < -0.4 is 0 Å². The van der Waals surface area contributed by atoms with Gasteiger partial charge in [0.1, 0.15) is 0 Å². The summed E-state index contributed by atoms with van der Waals surface area (Å²) in [5.41, 5.74) is 7.58. The molecule has 0 aromatic heterocycles. The lowest BCUT2D eigenvalue weighted by atomic mass is 13.0. The Balaban J connectivity index is 3.29. The van der Waals surface area contributed by atoms with Gasteiger partial charge in [0.25, 0.3) is 0 Å². The highest BCUT2D eigenvalue weighted by atomic mass is 32.0. The summed E-state index contributed by atoms with van der Waals surface area (Å²) in [6.45, 7) is 0. The molecular formula is H3N3P2. The van der Waals surface area contributed by atoms with Crippen molar-refractivity contribution in [3.8, 4) is 0 Å². The number of nitrogens with zero attached hydrogens (tertiary/aromatic N) is 3. The normalized spacial score (nSPS) is 15.0. The minimum Gasteiger partial charge on any atom is -0.108 e. The highest BCUT2D eigenvalue weighted by Crippen LogP contribution is 2.20. The first-order chi connectivity index (χ1) is 2.77. The Labute approximate surface area is 35.0 Å². The van der Waals surface area contributed by atoms with Crippen LogP contribution in [0.5, 0.6) is 0 Å². The topological polar surface area (TPSA) is 48.8 Å². The second-order valence-electron chi connectivity index (χ2n) is 0.294. The fourth-order valence-electron chi connectivity index (χ4n) is 0.0231. The average Bonchev–Trinajstić information content (AvgIpc) is 1.35. The van der Waals surface area contributed by atoms with Gasteiger partial charge in [0.15, 0.2) is 0 Å². The maximum atomic E-state index is 7.58. The first-order valence-electron chi connectivity index (χ1n) is 1.31. The molecule has 28 valence electrons. The van der Waals surface area contributed by atoms with E-state index in [-0.39, 0.29) is 0 Å². The fourth-order valence-corrected chi connectivity index (χ4v) is 0.208. The predicted octanol–water partition coefficient (Wildman–Crippen LogP) is 1.68. The van der Waals surface area contributed by atoms with E-state index < -0.39 is 8.37 Å². The molecule has 0 aromatic rings. The van der Waals surface area contributed by atoms with Gasteiger partial charge in [-0.3, -0.25) is 0 Å². The predicted molar refractivity (Wildman–Crippen MR) is 27.2 cm³/mol. The van der Waals surface area contributed by atoms with Gasteiger partial charge in [-0.1, -0.05) is 4.88 Å². The zero-order chi connectivity index (χ0) is 4.99. The Morgan fingerprint density at radius 1 is 2.40 bits per heavy atom. The molecule has 0 aliphatic heterocycles. The standard InChI is InChI=1S/H3N3P2/c1-2-3-5-4/h5H,4H2/i5D. The van der Waals surface area contributed by atoms with Crippen molar-refractivity contribution in [1.29, 1.82) is 1.28 Å². The van der Waals surface area contributed by atoms with Crippen LogP contribution in [0.2, 0.25) is 0 Å². The maximum Gasteiger partial charge on any atom is 0.0687 e. The van der Waals surface area contributed by atoms with E-state index >= 15 is 0 Å². The van der Waals surface area contributed by atoms with E-state index in [4.69, 9.17) is 6.81 Å². The van der Waals surface area contributed by atoms with E-state index in [9.17, 15) is 0 Å². The molecule has 0 amide bonds. The van der Waals surface area contributed by atoms with Crippen LogP contribution in [0.4, 0.5) is 0 Å². The summed E-state index contributed by atoms with van der Waals surface area (Å²) in [4.78, 5) is 5.38. The molecule has 0 saturated carbocycles. The van der Waals surface area contributed by atoms with Crippen molar-refractivity contribution in [2.45, 2.75) is 0 Å². The van der Waals surface area contributed by atoms with Crippen LogP contribution >= 0.6 is 17.3 Å². The molecule has 0 aliphatic rings. The SMILES string of the molecule is [2H]P(P)N=[N+]=[N-]. The first-order valence-corrected chi connectivity index (χ1v) is 3.32. The zero-order valence-corrected chi connectivity index (χ0v) is 4.42. The van der Waals surface area contributed by atoms with Crippen molar-refractivity contribution >= 4 is 17.3 Å². The largest absolute Gasteiger partial charge is 0.108 e. The molecule has 0 fully saturated rings. The maximum absolute atomic E-state index is 7.58. The van der Waals surface area contributed by atoms with Gasteiger partial charge >= 0.3 is 0 Å². The van der Waals surface area contributed by atoms with Crippen LogP contribution in [0, 0.1) is 0 Å². The van der Waals surface area contributed by atoms with E-state index in [1.165, 1.54) is 0 Å². The average molecular weight is 108 g/mol. The third-order valence-corrected chi connectivity index (χ3v) is 0.585. The van der Waals surface area contributed by atoms with E-state index in [1.807, 2.05) is 0 Å². The molecule has 5 heavy (non-hydrogen) atoms. The van der Waals surface area contributed by atoms with Crippen molar-refractivity contribution < 1.29 is 0 Å². The summed E-state index contributed by atoms with van der Waals surface area (Å²) < 4.78 is 6.58.